The van der Waals surface area contributed by atoms with Crippen LogP contribution in [0.2, 0.25) is 0 Å². The highest BCUT2D eigenvalue weighted by atomic mass is 32.2. The molecule has 1 aliphatic heterocycles. The van der Waals surface area contributed by atoms with E-state index in [9.17, 15) is 22.0 Å². The monoisotopic (exact) mass is 333 g/mol. The fraction of sp³-hybridized carbons (Fsp3) is 0.500. The second kappa shape index (κ2) is 5.92. The van der Waals surface area contributed by atoms with E-state index in [1.807, 2.05) is 0 Å². The number of piperidine rings is 1. The maximum absolute atomic E-state index is 14.0. The zero-order valence-corrected chi connectivity index (χ0v) is 13.0. The lowest BCUT2D eigenvalue weighted by Gasteiger charge is -2.35. The van der Waals surface area contributed by atoms with Gasteiger partial charge in [-0.05, 0) is 44.4 Å². The minimum atomic E-state index is -4.29. The summed E-state index contributed by atoms with van der Waals surface area (Å²) < 4.78 is 53.7. The maximum atomic E-state index is 14.0. The number of carboxylic acid groups (broad SMARTS) is 1. The highest BCUT2D eigenvalue weighted by Crippen LogP contribution is 2.30. The fourth-order valence-electron chi connectivity index (χ4n) is 2.56. The highest BCUT2D eigenvalue weighted by Gasteiger charge is 2.38. The molecule has 2 atom stereocenters. The lowest BCUT2D eigenvalue weighted by molar-refractivity contribution is -0.143. The Morgan fingerprint density at radius 1 is 1.27 bits per heavy atom. The van der Waals surface area contributed by atoms with Gasteiger partial charge in [0.15, 0.2) is 0 Å². The molecule has 22 heavy (non-hydrogen) atoms. The lowest BCUT2D eigenvalue weighted by Crippen LogP contribution is -2.47. The molecule has 2 rings (SSSR count). The Morgan fingerprint density at radius 2 is 1.91 bits per heavy atom. The minimum Gasteiger partial charge on any atom is -0.481 e. The Kier molecular flexibility index (Phi) is 4.53. The smallest absolute Gasteiger partial charge is 0.307 e. The number of benzene rings is 1. The molecule has 1 heterocycles. The van der Waals surface area contributed by atoms with Gasteiger partial charge in [0.1, 0.15) is 16.5 Å². The molecule has 1 aromatic carbocycles. The Bertz CT molecular complexity index is 705. The minimum absolute atomic E-state index is 0.00607. The van der Waals surface area contributed by atoms with E-state index in [0.29, 0.717) is 18.9 Å². The summed E-state index contributed by atoms with van der Waals surface area (Å²) in [5, 5.41) is 9.06. The first-order chi connectivity index (χ1) is 10.1. The third kappa shape index (κ3) is 2.98. The van der Waals surface area contributed by atoms with E-state index >= 15 is 0 Å². The topological polar surface area (TPSA) is 74.7 Å². The first-order valence-corrected chi connectivity index (χ1v) is 8.29. The average Bonchev–Trinajstić information content (AvgIpc) is 2.42. The van der Waals surface area contributed by atoms with E-state index in [-0.39, 0.29) is 12.1 Å². The number of rotatable bonds is 3. The molecule has 1 N–H and O–H groups in total. The summed E-state index contributed by atoms with van der Waals surface area (Å²) >= 11 is 0. The normalized spacial score (nSPS) is 23.5. The van der Waals surface area contributed by atoms with E-state index < -0.39 is 44.5 Å². The van der Waals surface area contributed by atoms with Crippen LogP contribution in [0.1, 0.15) is 25.3 Å². The Labute approximate surface area is 127 Å². The van der Waals surface area contributed by atoms with Crippen LogP contribution in [0.25, 0.3) is 0 Å². The number of nitrogens with zero attached hydrogens (tertiary/aromatic N) is 1. The van der Waals surface area contributed by atoms with Crippen LogP contribution in [-0.2, 0) is 14.8 Å². The van der Waals surface area contributed by atoms with Crippen molar-refractivity contribution in [1.29, 1.82) is 0 Å². The summed E-state index contributed by atoms with van der Waals surface area (Å²) in [6.45, 7) is 2.71. The van der Waals surface area contributed by atoms with Crippen LogP contribution in [0.4, 0.5) is 8.78 Å². The summed E-state index contributed by atoms with van der Waals surface area (Å²) in [4.78, 5) is 10.3. The number of sulfonamides is 1. The molecule has 0 bridgehead atoms. The van der Waals surface area contributed by atoms with Crippen molar-refractivity contribution in [2.24, 2.45) is 5.92 Å². The quantitative estimate of drug-likeness (QED) is 0.920. The molecule has 1 fully saturated rings. The lowest BCUT2D eigenvalue weighted by atomic mass is 9.96. The molecule has 0 radical (unpaired) electrons. The van der Waals surface area contributed by atoms with Crippen molar-refractivity contribution >= 4 is 16.0 Å². The molecule has 1 aromatic rings. The molecular formula is C14H17F2NO4S. The van der Waals surface area contributed by atoms with Gasteiger partial charge in [-0.1, -0.05) is 0 Å². The van der Waals surface area contributed by atoms with Crippen molar-refractivity contribution in [2.75, 3.05) is 6.54 Å². The predicted octanol–water partition coefficient (Wildman–Crippen LogP) is 2.15. The van der Waals surface area contributed by atoms with Gasteiger partial charge in [-0.15, -0.1) is 0 Å². The van der Waals surface area contributed by atoms with Gasteiger partial charge in [-0.2, -0.15) is 4.31 Å². The first kappa shape index (κ1) is 16.8. The van der Waals surface area contributed by atoms with Gasteiger partial charge in [0.2, 0.25) is 10.0 Å². The van der Waals surface area contributed by atoms with E-state index in [4.69, 9.17) is 5.11 Å². The largest absolute Gasteiger partial charge is 0.481 e. The summed E-state index contributed by atoms with van der Waals surface area (Å²) in [5.41, 5.74) is 0.00607. The second-order valence-electron chi connectivity index (χ2n) is 5.57. The number of hydrogen-bond acceptors (Lipinski definition) is 3. The van der Waals surface area contributed by atoms with Crippen LogP contribution in [0.3, 0.4) is 0 Å². The zero-order valence-electron chi connectivity index (χ0n) is 12.2. The van der Waals surface area contributed by atoms with Crippen molar-refractivity contribution in [2.45, 2.75) is 37.6 Å². The number of carbonyl (C=O) groups is 1. The predicted molar refractivity (Wildman–Crippen MR) is 74.8 cm³/mol. The van der Waals surface area contributed by atoms with Gasteiger partial charge < -0.3 is 5.11 Å². The van der Waals surface area contributed by atoms with Crippen LogP contribution >= 0.6 is 0 Å². The van der Waals surface area contributed by atoms with Gasteiger partial charge in [0.25, 0.3) is 0 Å². The zero-order chi connectivity index (χ0) is 16.7. The van der Waals surface area contributed by atoms with Crippen molar-refractivity contribution in [1.82, 2.24) is 4.31 Å². The van der Waals surface area contributed by atoms with E-state index in [0.717, 1.165) is 10.4 Å². The van der Waals surface area contributed by atoms with Crippen LogP contribution in [0.15, 0.2) is 17.0 Å². The van der Waals surface area contributed by atoms with Gasteiger partial charge in [-0.25, -0.2) is 17.2 Å². The summed E-state index contributed by atoms with van der Waals surface area (Å²) in [7, 11) is -4.29. The molecule has 0 saturated carbocycles. The average molecular weight is 333 g/mol. The number of aryl methyl sites for hydroxylation is 1. The molecule has 0 aromatic heterocycles. The van der Waals surface area contributed by atoms with E-state index in [1.165, 1.54) is 6.92 Å². The summed E-state index contributed by atoms with van der Waals surface area (Å²) in [6.07, 6.45) is 0.708. The molecular weight excluding hydrogens is 316 g/mol. The van der Waals surface area contributed by atoms with Gasteiger partial charge in [-0.3, -0.25) is 4.79 Å². The summed E-state index contributed by atoms with van der Waals surface area (Å²) in [5.74, 6) is -3.80. The summed E-state index contributed by atoms with van der Waals surface area (Å²) in [6, 6.07) is 1.01. The van der Waals surface area contributed by atoms with Gasteiger partial charge >= 0.3 is 5.97 Å². The highest BCUT2D eigenvalue weighted by molar-refractivity contribution is 7.89. The molecule has 1 saturated heterocycles. The Balaban J connectivity index is 2.45. The Hall–Kier alpha value is -1.54. The molecule has 122 valence electrons. The molecule has 8 heteroatoms. The molecule has 1 aliphatic rings. The van der Waals surface area contributed by atoms with Crippen LogP contribution in [0, 0.1) is 24.5 Å². The Morgan fingerprint density at radius 3 is 2.50 bits per heavy atom. The number of hydrogen-bond donors (Lipinski definition) is 1. The number of halogens is 2. The van der Waals surface area contributed by atoms with E-state index in [1.54, 1.807) is 6.92 Å². The molecule has 0 aliphatic carbocycles. The van der Waals surface area contributed by atoms with E-state index in [2.05, 4.69) is 0 Å². The SMILES string of the molecule is Cc1cc(F)c(S(=O)(=O)N2CC(C(=O)O)CCC2C)cc1F. The van der Waals surface area contributed by atoms with Crippen molar-refractivity contribution in [3.63, 3.8) is 0 Å². The van der Waals surface area contributed by atoms with Crippen LogP contribution < -0.4 is 0 Å². The second-order valence-corrected chi connectivity index (χ2v) is 7.43. The van der Waals surface area contributed by atoms with Crippen molar-refractivity contribution < 1.29 is 27.1 Å². The van der Waals surface area contributed by atoms with Gasteiger partial charge in [0.05, 0.1) is 5.92 Å². The van der Waals surface area contributed by atoms with Crippen LogP contribution in [0.5, 0.6) is 0 Å². The molecule has 0 amide bonds. The molecule has 5 nitrogen and oxygen atoms in total. The maximum Gasteiger partial charge on any atom is 0.307 e. The third-order valence-electron chi connectivity index (χ3n) is 3.97. The molecule has 2 unspecified atom stereocenters. The first-order valence-electron chi connectivity index (χ1n) is 6.85. The van der Waals surface area contributed by atoms with Crippen molar-refractivity contribution in [3.05, 3.63) is 29.3 Å². The number of carboxylic acids is 1. The standard InChI is InChI=1S/C14H17F2NO4S/c1-8-5-12(16)13(6-11(8)15)22(20,21)17-7-10(14(18)19)4-3-9(17)2/h5-6,9-10H,3-4,7H2,1-2H3,(H,18,19). The van der Waals surface area contributed by atoms with Crippen LogP contribution in [-0.4, -0.2) is 36.4 Å². The number of aliphatic carboxylic acids is 1. The van der Waals surface area contributed by atoms with Crippen molar-refractivity contribution in [3.8, 4) is 0 Å². The fourth-order valence-corrected chi connectivity index (χ4v) is 4.33. The van der Waals surface area contributed by atoms with Gasteiger partial charge in [0, 0.05) is 12.6 Å². The molecule has 0 spiro atoms. The third-order valence-corrected chi connectivity index (χ3v) is 5.97.